The van der Waals surface area contributed by atoms with Gasteiger partial charge >= 0.3 is 0 Å². The molecule has 29 heavy (non-hydrogen) atoms. The summed E-state index contributed by atoms with van der Waals surface area (Å²) in [6.45, 7) is 6.40. The zero-order valence-corrected chi connectivity index (χ0v) is 17.3. The molecule has 0 radical (unpaired) electrons. The Kier molecular flexibility index (Phi) is 5.16. The summed E-state index contributed by atoms with van der Waals surface area (Å²) in [5.41, 5.74) is -0.674. The van der Waals surface area contributed by atoms with E-state index in [9.17, 15) is 9.59 Å². The van der Waals surface area contributed by atoms with Gasteiger partial charge in [-0.3, -0.25) is 9.59 Å². The van der Waals surface area contributed by atoms with Gasteiger partial charge in [0, 0.05) is 57.5 Å². The largest absolute Gasteiger partial charge is 0.381 e. The minimum absolute atomic E-state index is 0.0217. The number of imidazole rings is 1. The van der Waals surface area contributed by atoms with Crippen molar-refractivity contribution < 1.29 is 14.3 Å². The van der Waals surface area contributed by atoms with Crippen LogP contribution < -0.4 is 5.32 Å². The molecule has 2 fully saturated rings. The number of hydrogen-bond donors (Lipinski definition) is 1. The summed E-state index contributed by atoms with van der Waals surface area (Å²) in [4.78, 5) is 32.2. The maximum Gasteiger partial charge on any atom is 0.230 e. The van der Waals surface area contributed by atoms with Crippen molar-refractivity contribution in [2.24, 2.45) is 11.3 Å². The van der Waals surface area contributed by atoms with Crippen LogP contribution in [-0.4, -0.2) is 52.6 Å². The lowest BCUT2D eigenvalue weighted by molar-refractivity contribution is -0.159. The fourth-order valence-electron chi connectivity index (χ4n) is 5.01. The lowest BCUT2D eigenvalue weighted by atomic mass is 9.74. The van der Waals surface area contributed by atoms with Crippen LogP contribution in [0.4, 0.5) is 0 Å². The average molecular weight is 399 g/mol. The SMILES string of the molecule is C#CCC1(C(=O)N2CC3(CC(NC(=O)C(C)CC)c4nccn43)C2)CCOCC1. The number of amides is 2. The van der Waals surface area contributed by atoms with Gasteiger partial charge in [0.15, 0.2) is 0 Å². The first kappa shape index (κ1) is 20.0. The molecule has 3 aliphatic heterocycles. The average Bonchev–Trinajstić information content (AvgIpc) is 3.29. The molecular weight excluding hydrogens is 368 g/mol. The highest BCUT2D eigenvalue weighted by atomic mass is 16.5. The Labute approximate surface area is 172 Å². The van der Waals surface area contributed by atoms with E-state index in [2.05, 4.69) is 20.8 Å². The molecule has 3 aliphatic rings. The Morgan fingerprint density at radius 2 is 2.14 bits per heavy atom. The molecule has 4 rings (SSSR count). The van der Waals surface area contributed by atoms with E-state index in [4.69, 9.17) is 11.2 Å². The molecule has 0 saturated carbocycles. The van der Waals surface area contributed by atoms with Gasteiger partial charge in [0.1, 0.15) is 5.82 Å². The van der Waals surface area contributed by atoms with Crippen LogP contribution in [0, 0.1) is 23.7 Å². The van der Waals surface area contributed by atoms with Crippen LogP contribution in [0.1, 0.15) is 57.8 Å². The summed E-state index contributed by atoms with van der Waals surface area (Å²) in [6.07, 6.45) is 12.7. The highest BCUT2D eigenvalue weighted by Gasteiger charge is 2.56. The van der Waals surface area contributed by atoms with Crippen molar-refractivity contribution >= 4 is 11.8 Å². The van der Waals surface area contributed by atoms with Crippen molar-refractivity contribution in [1.82, 2.24) is 19.8 Å². The molecule has 0 bridgehead atoms. The molecular formula is C22H30N4O3. The lowest BCUT2D eigenvalue weighted by Gasteiger charge is -2.52. The molecule has 2 unspecified atom stereocenters. The van der Waals surface area contributed by atoms with E-state index >= 15 is 0 Å². The Morgan fingerprint density at radius 1 is 1.41 bits per heavy atom. The number of rotatable bonds is 5. The van der Waals surface area contributed by atoms with Gasteiger partial charge in [-0.25, -0.2) is 4.98 Å². The van der Waals surface area contributed by atoms with E-state index in [1.807, 2.05) is 24.9 Å². The zero-order chi connectivity index (χ0) is 20.6. The first-order valence-electron chi connectivity index (χ1n) is 10.6. The lowest BCUT2D eigenvalue weighted by Crippen LogP contribution is -2.65. The molecule has 1 aromatic heterocycles. The van der Waals surface area contributed by atoms with E-state index in [0.717, 1.165) is 18.7 Å². The van der Waals surface area contributed by atoms with E-state index < -0.39 is 5.41 Å². The summed E-state index contributed by atoms with van der Waals surface area (Å²) in [5, 5.41) is 3.16. The quantitative estimate of drug-likeness (QED) is 0.768. The third-order valence-electron chi connectivity index (χ3n) is 7.05. The first-order valence-corrected chi connectivity index (χ1v) is 10.6. The fraction of sp³-hybridized carbons (Fsp3) is 0.682. The predicted molar refractivity (Wildman–Crippen MR) is 108 cm³/mol. The number of carbonyl (C=O) groups excluding carboxylic acids is 2. The number of aromatic nitrogens is 2. The van der Waals surface area contributed by atoms with Crippen molar-refractivity contribution in [1.29, 1.82) is 0 Å². The molecule has 2 saturated heterocycles. The highest BCUT2D eigenvalue weighted by molar-refractivity contribution is 5.84. The second-order valence-corrected chi connectivity index (χ2v) is 8.89. The van der Waals surface area contributed by atoms with E-state index in [-0.39, 0.29) is 29.3 Å². The van der Waals surface area contributed by atoms with Crippen molar-refractivity contribution in [2.75, 3.05) is 26.3 Å². The molecule has 0 aliphatic carbocycles. The maximum absolute atomic E-state index is 13.4. The van der Waals surface area contributed by atoms with Crippen molar-refractivity contribution in [3.05, 3.63) is 18.2 Å². The zero-order valence-electron chi connectivity index (χ0n) is 17.3. The molecule has 1 spiro atoms. The molecule has 2 atom stereocenters. The standard InChI is InChI=1S/C22H30N4O3/c1-4-6-21(7-11-29-12-8-21)20(28)25-14-22(15-25)13-17(18-23-9-10-26(18)22)24-19(27)16(3)5-2/h1,9-10,16-17H,5-8,11-15H2,2-3H3,(H,24,27). The molecule has 1 N–H and O–H groups in total. The number of carbonyl (C=O) groups is 2. The molecule has 7 heteroatoms. The summed E-state index contributed by atoms with van der Waals surface area (Å²) >= 11 is 0. The number of nitrogens with zero attached hydrogens (tertiary/aromatic N) is 3. The van der Waals surface area contributed by atoms with Crippen LogP contribution in [0.15, 0.2) is 12.4 Å². The van der Waals surface area contributed by atoms with Gasteiger partial charge in [-0.05, 0) is 19.3 Å². The smallest absolute Gasteiger partial charge is 0.230 e. The molecule has 2 amide bonds. The minimum atomic E-state index is -0.491. The second-order valence-electron chi connectivity index (χ2n) is 8.89. The Hall–Kier alpha value is -2.33. The van der Waals surface area contributed by atoms with E-state index in [0.29, 0.717) is 45.6 Å². The predicted octanol–water partition coefficient (Wildman–Crippen LogP) is 1.85. The van der Waals surface area contributed by atoms with Gasteiger partial charge in [0.05, 0.1) is 17.0 Å². The van der Waals surface area contributed by atoms with Gasteiger partial charge in [-0.15, -0.1) is 12.3 Å². The van der Waals surface area contributed by atoms with Gasteiger partial charge in [-0.1, -0.05) is 13.8 Å². The summed E-state index contributed by atoms with van der Waals surface area (Å²) in [5.74, 6) is 3.79. The van der Waals surface area contributed by atoms with Crippen LogP contribution in [0.25, 0.3) is 0 Å². The number of terminal acetylenes is 1. The third-order valence-corrected chi connectivity index (χ3v) is 7.05. The maximum atomic E-state index is 13.4. The minimum Gasteiger partial charge on any atom is -0.381 e. The number of hydrogen-bond acceptors (Lipinski definition) is 4. The van der Waals surface area contributed by atoms with Crippen molar-refractivity contribution in [3.8, 4) is 12.3 Å². The van der Waals surface area contributed by atoms with Crippen LogP contribution in [0.3, 0.4) is 0 Å². The molecule has 156 valence electrons. The van der Waals surface area contributed by atoms with Gasteiger partial charge < -0.3 is 19.5 Å². The number of likely N-dealkylation sites (tertiary alicyclic amines) is 1. The molecule has 7 nitrogen and oxygen atoms in total. The number of fused-ring (bicyclic) bond motifs is 2. The fourth-order valence-corrected chi connectivity index (χ4v) is 5.01. The molecule has 4 heterocycles. The van der Waals surface area contributed by atoms with Crippen molar-refractivity contribution in [3.63, 3.8) is 0 Å². The third kappa shape index (κ3) is 3.24. The van der Waals surface area contributed by atoms with Crippen LogP contribution in [0.5, 0.6) is 0 Å². The van der Waals surface area contributed by atoms with Crippen LogP contribution in [0.2, 0.25) is 0 Å². The molecule has 0 aromatic carbocycles. The Bertz CT molecular complexity index is 827. The first-order chi connectivity index (χ1) is 13.9. The van der Waals surface area contributed by atoms with Gasteiger partial charge in [-0.2, -0.15) is 0 Å². The highest BCUT2D eigenvalue weighted by Crippen LogP contribution is 2.47. The Morgan fingerprint density at radius 3 is 2.79 bits per heavy atom. The summed E-state index contributed by atoms with van der Waals surface area (Å²) in [7, 11) is 0. The normalized spacial score (nSPS) is 25.0. The summed E-state index contributed by atoms with van der Waals surface area (Å²) < 4.78 is 7.63. The number of nitrogens with one attached hydrogen (secondary N) is 1. The van der Waals surface area contributed by atoms with E-state index in [1.54, 1.807) is 6.20 Å². The Balaban J connectivity index is 1.47. The van der Waals surface area contributed by atoms with Gasteiger partial charge in [0.25, 0.3) is 0 Å². The van der Waals surface area contributed by atoms with Gasteiger partial charge in [0.2, 0.25) is 11.8 Å². The van der Waals surface area contributed by atoms with Crippen molar-refractivity contribution in [2.45, 2.75) is 57.5 Å². The number of ether oxygens (including phenoxy) is 1. The monoisotopic (exact) mass is 398 g/mol. The van der Waals surface area contributed by atoms with Crippen LogP contribution >= 0.6 is 0 Å². The summed E-state index contributed by atoms with van der Waals surface area (Å²) in [6, 6.07) is -0.105. The van der Waals surface area contributed by atoms with Crippen LogP contribution in [-0.2, 0) is 19.9 Å². The topological polar surface area (TPSA) is 76.5 Å². The second kappa shape index (κ2) is 7.49. The van der Waals surface area contributed by atoms with E-state index in [1.165, 1.54) is 0 Å². The molecule has 1 aromatic rings.